The molecule has 12 heteroatoms. The Morgan fingerprint density at radius 3 is 2.34 bits per heavy atom. The van der Waals surface area contributed by atoms with E-state index in [0.29, 0.717) is 34.0 Å². The number of halogens is 2. The number of nitrogen functional groups attached to an aromatic ring is 1. The van der Waals surface area contributed by atoms with E-state index in [2.05, 4.69) is 36.1 Å². The minimum atomic E-state index is -4.33. The fourth-order valence-electron chi connectivity index (χ4n) is 6.12. The summed E-state index contributed by atoms with van der Waals surface area (Å²) in [4.78, 5) is 13.2. The summed E-state index contributed by atoms with van der Waals surface area (Å²) in [5, 5.41) is 0.632. The Morgan fingerprint density at radius 2 is 1.63 bits per heavy atom. The van der Waals surface area contributed by atoms with Crippen molar-refractivity contribution in [1.82, 2.24) is 24.3 Å². The number of benzene rings is 2. The van der Waals surface area contributed by atoms with E-state index in [4.69, 9.17) is 5.73 Å². The maximum atomic E-state index is 15.3. The normalized spacial score (nSPS) is 20.9. The Morgan fingerprint density at radius 1 is 0.927 bits per heavy atom. The van der Waals surface area contributed by atoms with Gasteiger partial charge < -0.3 is 15.2 Å². The molecule has 216 valence electrons. The van der Waals surface area contributed by atoms with Crippen molar-refractivity contribution in [3.8, 4) is 11.1 Å². The largest absolute Gasteiger partial charge is 0.383 e. The zero-order valence-electron chi connectivity index (χ0n) is 22.8. The molecule has 0 radical (unpaired) electrons. The van der Waals surface area contributed by atoms with Gasteiger partial charge in [0.05, 0.1) is 11.1 Å². The van der Waals surface area contributed by atoms with Crippen molar-refractivity contribution in [1.29, 1.82) is 0 Å². The van der Waals surface area contributed by atoms with Crippen molar-refractivity contribution in [2.24, 2.45) is 0 Å². The van der Waals surface area contributed by atoms with E-state index in [1.54, 1.807) is 6.07 Å². The molecule has 2 fully saturated rings. The summed E-state index contributed by atoms with van der Waals surface area (Å²) in [6, 6.07) is 9.93. The molecule has 3 heterocycles. The van der Waals surface area contributed by atoms with Crippen LogP contribution in [-0.2, 0) is 10.0 Å². The topological polar surface area (TPSA) is 109 Å². The number of aromatic nitrogens is 3. The zero-order chi connectivity index (χ0) is 28.7. The average molecular weight is 582 g/mol. The first kappa shape index (κ1) is 27.6. The highest BCUT2D eigenvalue weighted by Gasteiger charge is 2.30. The van der Waals surface area contributed by atoms with E-state index in [1.807, 2.05) is 6.20 Å². The highest BCUT2D eigenvalue weighted by atomic mass is 32.2. The molecule has 1 saturated heterocycles. The van der Waals surface area contributed by atoms with Crippen LogP contribution in [0.15, 0.2) is 59.9 Å². The summed E-state index contributed by atoms with van der Waals surface area (Å²) >= 11 is 0. The summed E-state index contributed by atoms with van der Waals surface area (Å²) < 4.78 is 59.1. The number of anilines is 2. The predicted molar refractivity (Wildman–Crippen MR) is 155 cm³/mol. The number of nitrogens with two attached hydrogens (primary N) is 1. The molecule has 2 aromatic carbocycles. The second-order valence-corrected chi connectivity index (χ2v) is 12.6. The second kappa shape index (κ2) is 11.0. The molecule has 3 N–H and O–H groups in total. The molecule has 0 unspecified atom stereocenters. The van der Waals surface area contributed by atoms with Gasteiger partial charge in [-0.15, -0.1) is 0 Å². The van der Waals surface area contributed by atoms with Gasteiger partial charge in [-0.3, -0.25) is 9.62 Å². The van der Waals surface area contributed by atoms with Crippen LogP contribution in [0.4, 0.5) is 20.3 Å². The second-order valence-electron chi connectivity index (χ2n) is 10.9. The van der Waals surface area contributed by atoms with Gasteiger partial charge in [-0.25, -0.2) is 27.2 Å². The molecule has 9 nitrogen and oxygen atoms in total. The number of hydrogen-bond acceptors (Lipinski definition) is 7. The molecule has 0 atom stereocenters. The van der Waals surface area contributed by atoms with Crippen molar-refractivity contribution in [3.63, 3.8) is 0 Å². The number of fused-ring (bicyclic) bond motifs is 1. The van der Waals surface area contributed by atoms with E-state index < -0.39 is 26.6 Å². The Bertz CT molecular complexity index is 1680. The van der Waals surface area contributed by atoms with Crippen molar-refractivity contribution < 1.29 is 17.2 Å². The van der Waals surface area contributed by atoms with Gasteiger partial charge in [-0.05, 0) is 62.6 Å². The minimum absolute atomic E-state index is 0.223. The van der Waals surface area contributed by atoms with Crippen LogP contribution in [-0.4, -0.2) is 72.0 Å². The first-order chi connectivity index (χ1) is 19.7. The molecular weight excluding hydrogens is 548 g/mol. The van der Waals surface area contributed by atoms with Crippen LogP contribution < -0.4 is 10.5 Å². The Kier molecular flexibility index (Phi) is 7.39. The third-order valence-corrected chi connectivity index (χ3v) is 9.80. The van der Waals surface area contributed by atoms with Crippen molar-refractivity contribution in [2.75, 3.05) is 43.7 Å². The zero-order valence-corrected chi connectivity index (χ0v) is 23.6. The Labute approximate surface area is 238 Å². The SMILES string of the molecule is CN1CCN(C2CCC(n3cc(-c4ccc(NS(=O)(=O)c5ccccc5F)c(F)c4)c4c(N)ncnc43)CC2)CC1. The highest BCUT2D eigenvalue weighted by molar-refractivity contribution is 7.92. The summed E-state index contributed by atoms with van der Waals surface area (Å²) in [7, 11) is -2.16. The molecule has 0 bridgehead atoms. The number of sulfonamides is 1. The number of rotatable bonds is 6. The third kappa shape index (κ3) is 5.39. The molecule has 1 saturated carbocycles. The summed E-state index contributed by atoms with van der Waals surface area (Å²) in [5.74, 6) is -1.43. The molecule has 1 aliphatic heterocycles. The van der Waals surface area contributed by atoms with Gasteiger partial charge in [-0.2, -0.15) is 0 Å². The fraction of sp³-hybridized carbons (Fsp3) is 0.379. The first-order valence-corrected chi connectivity index (χ1v) is 15.3. The standard InChI is InChI=1S/C29H33F2N7O2S/c1-36-12-14-37(15-13-36)20-7-9-21(10-8-20)38-17-22(27-28(32)33-18-34-29(27)38)19-6-11-25(24(31)16-19)35-41(39,40)26-5-3-2-4-23(26)30/h2-6,11,16-18,20-21,35H,7-10,12-15H2,1H3,(H2,32,33,34). The van der Waals surface area contributed by atoms with Gasteiger partial charge in [0, 0.05) is 50.0 Å². The number of nitrogens with one attached hydrogen (secondary N) is 1. The molecule has 0 spiro atoms. The van der Waals surface area contributed by atoms with E-state index in [0.717, 1.165) is 64.0 Å². The van der Waals surface area contributed by atoms with Crippen LogP contribution in [0.2, 0.25) is 0 Å². The minimum Gasteiger partial charge on any atom is -0.383 e. The van der Waals surface area contributed by atoms with Gasteiger partial charge in [0.15, 0.2) is 0 Å². The van der Waals surface area contributed by atoms with E-state index in [9.17, 15) is 12.8 Å². The smallest absolute Gasteiger partial charge is 0.264 e. The first-order valence-electron chi connectivity index (χ1n) is 13.8. The third-order valence-electron chi connectivity index (χ3n) is 8.40. The van der Waals surface area contributed by atoms with E-state index >= 15 is 4.39 Å². The molecule has 2 aliphatic rings. The van der Waals surface area contributed by atoms with Crippen LogP contribution in [0.1, 0.15) is 31.7 Å². The summed E-state index contributed by atoms with van der Waals surface area (Å²) in [6.45, 7) is 4.40. The molecular formula is C29H33F2N7O2S. The lowest BCUT2D eigenvalue weighted by Gasteiger charge is -2.41. The predicted octanol–water partition coefficient (Wildman–Crippen LogP) is 4.49. The Hall–Kier alpha value is -3.61. The molecule has 2 aromatic heterocycles. The summed E-state index contributed by atoms with van der Waals surface area (Å²) in [5.41, 5.74) is 7.89. The maximum absolute atomic E-state index is 15.3. The Balaban J connectivity index is 1.27. The highest BCUT2D eigenvalue weighted by Crippen LogP contribution is 2.39. The van der Waals surface area contributed by atoms with Gasteiger partial charge in [-0.1, -0.05) is 18.2 Å². The quantitative estimate of drug-likeness (QED) is 0.345. The lowest BCUT2D eigenvalue weighted by atomic mass is 9.89. The monoisotopic (exact) mass is 581 g/mol. The van der Waals surface area contributed by atoms with E-state index in [1.165, 1.54) is 30.6 Å². The molecule has 1 aliphatic carbocycles. The lowest BCUT2D eigenvalue weighted by molar-refractivity contribution is 0.0828. The van der Waals surface area contributed by atoms with Crippen molar-refractivity contribution >= 4 is 32.6 Å². The average Bonchev–Trinajstić information content (AvgIpc) is 3.36. The molecule has 0 amide bonds. The maximum Gasteiger partial charge on any atom is 0.264 e. The van der Waals surface area contributed by atoms with Crippen LogP contribution in [0, 0.1) is 11.6 Å². The van der Waals surface area contributed by atoms with Crippen LogP contribution in [0.25, 0.3) is 22.2 Å². The molecule has 41 heavy (non-hydrogen) atoms. The number of hydrogen-bond donors (Lipinski definition) is 2. The molecule has 4 aromatic rings. The van der Waals surface area contributed by atoms with Gasteiger partial charge >= 0.3 is 0 Å². The fourth-order valence-corrected chi connectivity index (χ4v) is 7.27. The van der Waals surface area contributed by atoms with Crippen LogP contribution in [0.5, 0.6) is 0 Å². The number of piperazine rings is 1. The van der Waals surface area contributed by atoms with Gasteiger partial charge in [0.2, 0.25) is 0 Å². The van der Waals surface area contributed by atoms with Gasteiger partial charge in [0.1, 0.15) is 34.3 Å². The van der Waals surface area contributed by atoms with Crippen LogP contribution in [0.3, 0.4) is 0 Å². The van der Waals surface area contributed by atoms with Crippen molar-refractivity contribution in [2.45, 2.75) is 42.7 Å². The van der Waals surface area contributed by atoms with E-state index in [-0.39, 0.29) is 11.7 Å². The number of likely N-dealkylation sites (N-methyl/N-ethyl adjacent to an activating group) is 1. The lowest BCUT2D eigenvalue weighted by Crippen LogP contribution is -2.49. The molecule has 6 rings (SSSR count). The van der Waals surface area contributed by atoms with Gasteiger partial charge in [0.25, 0.3) is 10.0 Å². The van der Waals surface area contributed by atoms with Crippen molar-refractivity contribution in [3.05, 3.63) is 66.6 Å². The van der Waals surface area contributed by atoms with Crippen LogP contribution >= 0.6 is 0 Å². The number of nitrogens with zero attached hydrogens (tertiary/aromatic N) is 5. The summed E-state index contributed by atoms with van der Waals surface area (Å²) in [6.07, 6.45) is 7.57.